The molecule has 2 nitrogen and oxygen atoms in total. The van der Waals surface area contributed by atoms with Gasteiger partial charge < -0.3 is 10.1 Å². The Morgan fingerprint density at radius 1 is 1.50 bits per heavy atom. The van der Waals surface area contributed by atoms with Crippen LogP contribution in [-0.2, 0) is 10.2 Å². The van der Waals surface area contributed by atoms with Gasteiger partial charge in [-0.2, -0.15) is 0 Å². The van der Waals surface area contributed by atoms with Crippen molar-refractivity contribution >= 4 is 11.3 Å². The van der Waals surface area contributed by atoms with E-state index < -0.39 is 0 Å². The highest BCUT2D eigenvalue weighted by atomic mass is 32.1. The summed E-state index contributed by atoms with van der Waals surface area (Å²) < 4.78 is 4.99. The summed E-state index contributed by atoms with van der Waals surface area (Å²) in [5, 5.41) is 5.53. The summed E-state index contributed by atoms with van der Waals surface area (Å²) in [6, 6.07) is 4.31. The Kier molecular flexibility index (Phi) is 4.58. The maximum atomic E-state index is 4.99. The molecule has 0 unspecified atom stereocenters. The molecule has 1 aromatic rings. The van der Waals surface area contributed by atoms with Crippen LogP contribution in [0.15, 0.2) is 17.5 Å². The van der Waals surface area contributed by atoms with E-state index in [1.807, 2.05) is 11.3 Å². The highest BCUT2D eigenvalue weighted by molar-refractivity contribution is 7.10. The Balaban J connectivity index is 2.35. The molecule has 0 aliphatic carbocycles. The van der Waals surface area contributed by atoms with Gasteiger partial charge in [0.15, 0.2) is 0 Å². The summed E-state index contributed by atoms with van der Waals surface area (Å²) in [6.45, 7) is 7.22. The first-order valence-electron chi connectivity index (χ1n) is 4.90. The first-order chi connectivity index (χ1) is 6.67. The predicted octanol–water partition coefficient (Wildman–Crippen LogP) is 2.26. The Hall–Kier alpha value is -0.380. The van der Waals surface area contributed by atoms with Gasteiger partial charge in [-0.15, -0.1) is 11.3 Å². The van der Waals surface area contributed by atoms with Crippen molar-refractivity contribution in [1.82, 2.24) is 5.32 Å². The standard InChI is InChI=1S/C11H19NOS/c1-11(2,9-12-6-7-13-3)10-5-4-8-14-10/h4-5,8,12H,6-7,9H2,1-3H3. The number of thiophene rings is 1. The van der Waals surface area contributed by atoms with Crippen LogP contribution < -0.4 is 5.32 Å². The molecule has 1 rings (SSSR count). The van der Waals surface area contributed by atoms with E-state index in [1.54, 1.807) is 7.11 Å². The quantitative estimate of drug-likeness (QED) is 0.732. The maximum Gasteiger partial charge on any atom is 0.0587 e. The van der Waals surface area contributed by atoms with Crippen LogP contribution in [0.25, 0.3) is 0 Å². The highest BCUT2D eigenvalue weighted by Crippen LogP contribution is 2.26. The van der Waals surface area contributed by atoms with Crippen LogP contribution in [0.5, 0.6) is 0 Å². The van der Waals surface area contributed by atoms with Gasteiger partial charge in [-0.05, 0) is 11.4 Å². The molecule has 3 heteroatoms. The summed E-state index contributed by atoms with van der Waals surface area (Å²) in [4.78, 5) is 1.43. The van der Waals surface area contributed by atoms with Crippen LogP contribution >= 0.6 is 11.3 Å². The average Bonchev–Trinajstić information content (AvgIpc) is 2.65. The van der Waals surface area contributed by atoms with Crippen LogP contribution in [-0.4, -0.2) is 26.8 Å². The van der Waals surface area contributed by atoms with Crippen molar-refractivity contribution in [2.24, 2.45) is 0 Å². The van der Waals surface area contributed by atoms with E-state index in [9.17, 15) is 0 Å². The molecule has 0 aliphatic rings. The fraction of sp³-hybridized carbons (Fsp3) is 0.636. The van der Waals surface area contributed by atoms with Gasteiger partial charge in [0.1, 0.15) is 0 Å². The fourth-order valence-electron chi connectivity index (χ4n) is 1.33. The lowest BCUT2D eigenvalue weighted by atomic mass is 9.91. The van der Waals surface area contributed by atoms with Gasteiger partial charge in [0.25, 0.3) is 0 Å². The molecular formula is C11H19NOS. The summed E-state index contributed by atoms with van der Waals surface area (Å²) in [6.07, 6.45) is 0. The minimum Gasteiger partial charge on any atom is -0.383 e. The molecular weight excluding hydrogens is 194 g/mol. The minimum atomic E-state index is 0.224. The van der Waals surface area contributed by atoms with Crippen LogP contribution in [0, 0.1) is 0 Å². The van der Waals surface area contributed by atoms with Crippen molar-refractivity contribution in [2.75, 3.05) is 26.8 Å². The predicted molar refractivity (Wildman–Crippen MR) is 62.1 cm³/mol. The van der Waals surface area contributed by atoms with Crippen molar-refractivity contribution in [3.8, 4) is 0 Å². The van der Waals surface area contributed by atoms with E-state index in [0.29, 0.717) is 0 Å². The SMILES string of the molecule is COCCNCC(C)(C)c1cccs1. The van der Waals surface area contributed by atoms with Crippen LogP contribution in [0.3, 0.4) is 0 Å². The van der Waals surface area contributed by atoms with E-state index >= 15 is 0 Å². The molecule has 80 valence electrons. The van der Waals surface area contributed by atoms with Crippen LogP contribution in [0.4, 0.5) is 0 Å². The molecule has 0 aliphatic heterocycles. The van der Waals surface area contributed by atoms with Gasteiger partial charge in [0, 0.05) is 30.5 Å². The third kappa shape index (κ3) is 3.40. The monoisotopic (exact) mass is 213 g/mol. The summed E-state index contributed by atoms with van der Waals surface area (Å²) in [7, 11) is 1.73. The van der Waals surface area contributed by atoms with Crippen molar-refractivity contribution in [3.63, 3.8) is 0 Å². The number of nitrogens with one attached hydrogen (secondary N) is 1. The lowest BCUT2D eigenvalue weighted by Crippen LogP contribution is -2.33. The molecule has 0 radical (unpaired) electrons. The fourth-order valence-corrected chi connectivity index (χ4v) is 2.18. The molecule has 0 amide bonds. The van der Waals surface area contributed by atoms with E-state index in [-0.39, 0.29) is 5.41 Å². The number of rotatable bonds is 6. The van der Waals surface area contributed by atoms with Crippen molar-refractivity contribution in [1.29, 1.82) is 0 Å². The van der Waals surface area contributed by atoms with E-state index in [0.717, 1.165) is 19.7 Å². The zero-order valence-electron chi connectivity index (χ0n) is 9.17. The number of hydrogen-bond acceptors (Lipinski definition) is 3. The van der Waals surface area contributed by atoms with Gasteiger partial charge in [0.05, 0.1) is 6.61 Å². The topological polar surface area (TPSA) is 21.3 Å². The average molecular weight is 213 g/mol. The maximum absolute atomic E-state index is 4.99. The Bertz CT molecular complexity index is 244. The molecule has 0 spiro atoms. The Morgan fingerprint density at radius 3 is 2.86 bits per heavy atom. The smallest absolute Gasteiger partial charge is 0.0587 e. The highest BCUT2D eigenvalue weighted by Gasteiger charge is 2.20. The first kappa shape index (κ1) is 11.7. The molecule has 0 bridgehead atoms. The largest absolute Gasteiger partial charge is 0.383 e. The molecule has 1 heterocycles. The van der Waals surface area contributed by atoms with E-state index in [2.05, 4.69) is 36.7 Å². The second-order valence-electron chi connectivity index (χ2n) is 4.03. The second-order valence-corrected chi connectivity index (χ2v) is 4.98. The molecule has 0 aromatic carbocycles. The molecule has 0 saturated heterocycles. The first-order valence-corrected chi connectivity index (χ1v) is 5.78. The lowest BCUT2D eigenvalue weighted by Gasteiger charge is -2.23. The second kappa shape index (κ2) is 5.49. The zero-order valence-corrected chi connectivity index (χ0v) is 9.99. The molecule has 0 saturated carbocycles. The van der Waals surface area contributed by atoms with Gasteiger partial charge in [-0.1, -0.05) is 19.9 Å². The Labute approximate surface area is 90.3 Å². The van der Waals surface area contributed by atoms with Crippen molar-refractivity contribution in [3.05, 3.63) is 22.4 Å². The molecule has 1 aromatic heterocycles. The Morgan fingerprint density at radius 2 is 2.29 bits per heavy atom. The summed E-state index contributed by atoms with van der Waals surface area (Å²) >= 11 is 1.82. The van der Waals surface area contributed by atoms with Gasteiger partial charge in [-0.3, -0.25) is 0 Å². The molecule has 14 heavy (non-hydrogen) atoms. The minimum absolute atomic E-state index is 0.224. The molecule has 1 N–H and O–H groups in total. The van der Waals surface area contributed by atoms with E-state index in [1.165, 1.54) is 4.88 Å². The number of ether oxygens (including phenoxy) is 1. The third-order valence-electron chi connectivity index (χ3n) is 2.24. The number of methoxy groups -OCH3 is 1. The molecule has 0 atom stereocenters. The van der Waals surface area contributed by atoms with Gasteiger partial charge >= 0.3 is 0 Å². The third-order valence-corrected chi connectivity index (χ3v) is 3.47. The van der Waals surface area contributed by atoms with Crippen molar-refractivity contribution in [2.45, 2.75) is 19.3 Å². The van der Waals surface area contributed by atoms with Crippen LogP contribution in [0.2, 0.25) is 0 Å². The number of hydrogen-bond donors (Lipinski definition) is 1. The van der Waals surface area contributed by atoms with Crippen molar-refractivity contribution < 1.29 is 4.74 Å². The van der Waals surface area contributed by atoms with Gasteiger partial charge in [-0.25, -0.2) is 0 Å². The molecule has 0 fully saturated rings. The zero-order chi connectivity index (χ0) is 10.4. The lowest BCUT2D eigenvalue weighted by molar-refractivity contribution is 0.197. The van der Waals surface area contributed by atoms with Crippen LogP contribution in [0.1, 0.15) is 18.7 Å². The summed E-state index contributed by atoms with van der Waals surface area (Å²) in [5.41, 5.74) is 0.224. The van der Waals surface area contributed by atoms with Gasteiger partial charge in [0.2, 0.25) is 0 Å². The van der Waals surface area contributed by atoms with E-state index in [4.69, 9.17) is 4.74 Å². The summed E-state index contributed by atoms with van der Waals surface area (Å²) in [5.74, 6) is 0. The normalized spacial score (nSPS) is 11.9.